The van der Waals surface area contributed by atoms with Crippen LogP contribution >= 0.6 is 0 Å². The van der Waals surface area contributed by atoms with E-state index in [0.717, 1.165) is 0 Å². The Balaban J connectivity index is 0.00000144. The number of likely N-dealkylation sites (N-methyl/N-ethyl adjacent to an activating group) is 1. The maximum absolute atomic E-state index is 11.1. The van der Waals surface area contributed by atoms with Crippen molar-refractivity contribution in [3.8, 4) is 0 Å². The van der Waals surface area contributed by atoms with Gasteiger partial charge in [-0.15, -0.1) is 0 Å². The zero-order valence-corrected chi connectivity index (χ0v) is 8.62. The summed E-state index contributed by atoms with van der Waals surface area (Å²) in [5.41, 5.74) is 0. The highest BCUT2D eigenvalue weighted by atomic mass is 35.5. The van der Waals surface area contributed by atoms with Gasteiger partial charge in [-0.1, -0.05) is 6.58 Å². The average Bonchev–Trinajstić information content (AvgIpc) is 1.80. The average molecular weight is 204 g/mol. The molecular weight excluding hydrogens is 190 g/mol. The molecule has 1 aliphatic rings. The Morgan fingerprint density at radius 3 is 2.54 bits per heavy atom. The zero-order valence-electron chi connectivity index (χ0n) is 7.87. The fourth-order valence-electron chi connectivity index (χ4n) is 1.10. The Labute approximate surface area is 84.7 Å². The highest BCUT2D eigenvalue weighted by Gasteiger charge is 2.32. The first-order chi connectivity index (χ1) is 5.56. The SMILES string of the molecule is C=CC(=O)C[N+](C)(C)C1C=CO1.[Cl-]. The number of ether oxygens (including phenoxy) is 1. The summed E-state index contributed by atoms with van der Waals surface area (Å²) in [6, 6.07) is 0. The van der Waals surface area contributed by atoms with E-state index in [0.29, 0.717) is 11.0 Å². The summed E-state index contributed by atoms with van der Waals surface area (Å²) in [6.07, 6.45) is 4.95. The summed E-state index contributed by atoms with van der Waals surface area (Å²) in [7, 11) is 3.91. The van der Waals surface area contributed by atoms with E-state index in [4.69, 9.17) is 4.74 Å². The quantitative estimate of drug-likeness (QED) is 0.379. The number of halogens is 1. The second-order valence-electron chi connectivity index (χ2n) is 3.46. The van der Waals surface area contributed by atoms with Gasteiger partial charge in [-0.05, 0) is 6.08 Å². The molecule has 0 N–H and O–H groups in total. The molecule has 13 heavy (non-hydrogen) atoms. The van der Waals surface area contributed by atoms with E-state index in [1.54, 1.807) is 6.26 Å². The number of ketones is 1. The van der Waals surface area contributed by atoms with Gasteiger partial charge < -0.3 is 17.1 Å². The maximum Gasteiger partial charge on any atom is 0.255 e. The van der Waals surface area contributed by atoms with E-state index < -0.39 is 0 Å². The van der Waals surface area contributed by atoms with Gasteiger partial charge in [0.2, 0.25) is 5.78 Å². The number of quaternary nitrogens is 1. The van der Waals surface area contributed by atoms with Gasteiger partial charge in [-0.2, -0.15) is 0 Å². The molecule has 0 aromatic heterocycles. The third-order valence-corrected chi connectivity index (χ3v) is 1.94. The van der Waals surface area contributed by atoms with Gasteiger partial charge in [0.05, 0.1) is 20.4 Å². The van der Waals surface area contributed by atoms with Gasteiger partial charge in [0.1, 0.15) is 6.54 Å². The van der Waals surface area contributed by atoms with E-state index in [2.05, 4.69) is 6.58 Å². The first kappa shape index (κ1) is 12.2. The molecule has 0 aromatic carbocycles. The van der Waals surface area contributed by atoms with Gasteiger partial charge in [-0.25, -0.2) is 0 Å². The third-order valence-electron chi connectivity index (χ3n) is 1.94. The minimum absolute atomic E-state index is 0. The van der Waals surface area contributed by atoms with Gasteiger partial charge >= 0.3 is 0 Å². The molecule has 74 valence electrons. The van der Waals surface area contributed by atoms with Crippen LogP contribution in [-0.4, -0.2) is 37.1 Å². The number of rotatable bonds is 4. The van der Waals surface area contributed by atoms with Crippen LogP contribution in [0, 0.1) is 0 Å². The molecular formula is C9H14ClNO2. The Hall–Kier alpha value is -0.800. The molecule has 0 aliphatic carbocycles. The molecule has 0 amide bonds. The number of carbonyl (C=O) groups excluding carboxylic acids is 1. The van der Waals surface area contributed by atoms with E-state index in [1.807, 2.05) is 20.2 Å². The first-order valence-electron chi connectivity index (χ1n) is 3.86. The van der Waals surface area contributed by atoms with Crippen molar-refractivity contribution in [2.75, 3.05) is 20.6 Å². The van der Waals surface area contributed by atoms with Crippen molar-refractivity contribution in [1.82, 2.24) is 0 Å². The Morgan fingerprint density at radius 2 is 2.23 bits per heavy atom. The Kier molecular flexibility index (Phi) is 4.17. The minimum Gasteiger partial charge on any atom is -1.00 e. The van der Waals surface area contributed by atoms with Crippen LogP contribution in [0.15, 0.2) is 25.0 Å². The van der Waals surface area contributed by atoms with E-state index in [1.165, 1.54) is 6.08 Å². The topological polar surface area (TPSA) is 26.3 Å². The number of hydrogen-bond donors (Lipinski definition) is 0. The second kappa shape index (κ2) is 4.44. The molecule has 0 fully saturated rings. The van der Waals surface area contributed by atoms with Gasteiger partial charge in [0.15, 0.2) is 0 Å². The largest absolute Gasteiger partial charge is 1.00 e. The van der Waals surface area contributed by atoms with Crippen LogP contribution in [0.25, 0.3) is 0 Å². The molecule has 1 heterocycles. The van der Waals surface area contributed by atoms with E-state index >= 15 is 0 Å². The predicted molar refractivity (Wildman–Crippen MR) is 46.2 cm³/mol. The molecule has 3 nitrogen and oxygen atoms in total. The lowest BCUT2D eigenvalue weighted by molar-refractivity contribution is -0.924. The highest BCUT2D eigenvalue weighted by molar-refractivity contribution is 5.90. The normalized spacial score (nSPS) is 19.4. The Bertz CT molecular complexity index is 236. The molecule has 1 unspecified atom stereocenters. The summed E-state index contributed by atoms with van der Waals surface area (Å²) < 4.78 is 5.68. The molecule has 0 spiro atoms. The first-order valence-corrected chi connectivity index (χ1v) is 3.86. The number of hydrogen-bond acceptors (Lipinski definition) is 2. The van der Waals surface area contributed by atoms with Crippen LogP contribution in [0.3, 0.4) is 0 Å². The summed E-state index contributed by atoms with van der Waals surface area (Å²) in [5, 5.41) is 0. The van der Waals surface area contributed by atoms with Crippen molar-refractivity contribution in [3.63, 3.8) is 0 Å². The molecule has 1 rings (SSSR count). The van der Waals surface area contributed by atoms with Crippen LogP contribution in [0.2, 0.25) is 0 Å². The Morgan fingerprint density at radius 1 is 1.69 bits per heavy atom. The maximum atomic E-state index is 11.1. The van der Waals surface area contributed by atoms with Crippen molar-refractivity contribution in [1.29, 1.82) is 0 Å². The molecule has 4 heteroatoms. The predicted octanol–water partition coefficient (Wildman–Crippen LogP) is -2.31. The summed E-state index contributed by atoms with van der Waals surface area (Å²) in [4.78, 5) is 11.1. The van der Waals surface area contributed by atoms with Crippen LogP contribution in [0.4, 0.5) is 0 Å². The fourth-order valence-corrected chi connectivity index (χ4v) is 1.10. The second-order valence-corrected chi connectivity index (χ2v) is 3.46. The molecule has 0 bridgehead atoms. The van der Waals surface area contributed by atoms with Gasteiger partial charge in [-0.3, -0.25) is 9.28 Å². The minimum atomic E-state index is 0. The van der Waals surface area contributed by atoms with Crippen LogP contribution in [-0.2, 0) is 9.53 Å². The molecule has 0 aromatic rings. The lowest BCUT2D eigenvalue weighted by Gasteiger charge is -2.37. The van der Waals surface area contributed by atoms with Crippen molar-refractivity contribution < 1.29 is 26.4 Å². The lowest BCUT2D eigenvalue weighted by atomic mass is 10.3. The molecule has 1 aliphatic heterocycles. The molecule has 0 radical (unpaired) electrons. The molecule has 0 saturated heterocycles. The highest BCUT2D eigenvalue weighted by Crippen LogP contribution is 2.16. The van der Waals surface area contributed by atoms with Crippen molar-refractivity contribution in [2.45, 2.75) is 6.23 Å². The number of nitrogens with zero attached hydrogens (tertiary/aromatic N) is 1. The van der Waals surface area contributed by atoms with Gasteiger partial charge in [0.25, 0.3) is 6.23 Å². The number of carbonyl (C=O) groups is 1. The summed E-state index contributed by atoms with van der Waals surface area (Å²) in [6.45, 7) is 3.86. The molecule has 1 atom stereocenters. The summed E-state index contributed by atoms with van der Waals surface area (Å²) in [5.74, 6) is 0.0453. The van der Waals surface area contributed by atoms with Gasteiger partial charge in [0, 0.05) is 6.08 Å². The third kappa shape index (κ3) is 2.86. The van der Waals surface area contributed by atoms with Crippen LogP contribution < -0.4 is 12.4 Å². The van der Waals surface area contributed by atoms with Crippen LogP contribution in [0.1, 0.15) is 0 Å². The summed E-state index contributed by atoms with van der Waals surface area (Å²) >= 11 is 0. The van der Waals surface area contributed by atoms with Crippen molar-refractivity contribution in [3.05, 3.63) is 25.0 Å². The molecule has 0 saturated carbocycles. The van der Waals surface area contributed by atoms with E-state index in [-0.39, 0.29) is 24.4 Å². The monoisotopic (exact) mass is 203 g/mol. The van der Waals surface area contributed by atoms with Crippen molar-refractivity contribution in [2.24, 2.45) is 0 Å². The standard InChI is InChI=1S/C9H14NO2.ClH/c1-4-8(11)7-10(2,3)9-5-6-12-9;/h4-6,9H,1,7H2,2-3H3;1H/q+1;/p-1. The van der Waals surface area contributed by atoms with Crippen molar-refractivity contribution >= 4 is 5.78 Å². The van der Waals surface area contributed by atoms with Crippen LogP contribution in [0.5, 0.6) is 0 Å². The fraction of sp³-hybridized carbons (Fsp3) is 0.444. The lowest BCUT2D eigenvalue weighted by Crippen LogP contribution is -3.00. The zero-order chi connectivity index (χ0) is 9.19. The smallest absolute Gasteiger partial charge is 0.255 e. The van der Waals surface area contributed by atoms with E-state index in [9.17, 15) is 4.79 Å².